The van der Waals surface area contributed by atoms with Gasteiger partial charge in [-0.2, -0.15) is 0 Å². The zero-order valence-corrected chi connectivity index (χ0v) is 10.2. The van der Waals surface area contributed by atoms with Crippen LogP contribution in [0.15, 0.2) is 16.5 Å². The molecule has 1 N–H and O–H groups in total. The molecule has 1 aromatic heterocycles. The van der Waals surface area contributed by atoms with Crippen molar-refractivity contribution < 1.29 is 19.1 Å². The van der Waals surface area contributed by atoms with Crippen molar-refractivity contribution in [3.05, 3.63) is 28.5 Å². The highest BCUT2D eigenvalue weighted by Gasteiger charge is 2.19. The van der Waals surface area contributed by atoms with Crippen molar-refractivity contribution in [1.82, 2.24) is 0 Å². The van der Waals surface area contributed by atoms with Crippen molar-refractivity contribution in [2.24, 2.45) is 0 Å². The van der Waals surface area contributed by atoms with Crippen LogP contribution in [-0.2, 0) is 4.74 Å². The molecule has 0 saturated carbocycles. The quantitative estimate of drug-likeness (QED) is 0.836. The van der Waals surface area contributed by atoms with Gasteiger partial charge in [-0.1, -0.05) is 11.6 Å². The molecular weight excluding hydrogens is 244 g/mol. The molecule has 4 nitrogen and oxygen atoms in total. The zero-order chi connectivity index (χ0) is 12.6. The molecule has 0 unspecified atom stereocenters. The van der Waals surface area contributed by atoms with Crippen molar-refractivity contribution >= 4 is 28.5 Å². The van der Waals surface area contributed by atoms with Gasteiger partial charge in [0.05, 0.1) is 11.6 Å². The Morgan fingerprint density at radius 2 is 2.24 bits per heavy atom. The van der Waals surface area contributed by atoms with E-state index in [0.717, 1.165) is 0 Å². The predicted molar refractivity (Wildman–Crippen MR) is 63.6 cm³/mol. The van der Waals surface area contributed by atoms with Gasteiger partial charge in [0.1, 0.15) is 11.3 Å². The van der Waals surface area contributed by atoms with Crippen molar-refractivity contribution in [2.45, 2.75) is 13.8 Å². The number of furan rings is 1. The number of phenolic OH excluding ortho intramolecular Hbond substituents is 1. The van der Waals surface area contributed by atoms with Gasteiger partial charge >= 0.3 is 5.97 Å². The molecule has 2 rings (SSSR count). The topological polar surface area (TPSA) is 59.7 Å². The lowest BCUT2D eigenvalue weighted by Gasteiger charge is -1.97. The van der Waals surface area contributed by atoms with Gasteiger partial charge in [0.25, 0.3) is 0 Å². The maximum Gasteiger partial charge on any atom is 0.374 e. The van der Waals surface area contributed by atoms with Gasteiger partial charge in [-0.05, 0) is 19.9 Å². The van der Waals surface area contributed by atoms with Crippen LogP contribution < -0.4 is 0 Å². The molecule has 0 bridgehead atoms. The van der Waals surface area contributed by atoms with Crippen LogP contribution in [0.25, 0.3) is 11.0 Å². The Bertz CT molecular complexity index is 586. The smallest absolute Gasteiger partial charge is 0.374 e. The molecule has 0 fully saturated rings. The third-order valence-corrected chi connectivity index (χ3v) is 2.77. The van der Waals surface area contributed by atoms with Gasteiger partial charge in [0.15, 0.2) is 0 Å². The van der Waals surface area contributed by atoms with Gasteiger partial charge in [-0.25, -0.2) is 4.79 Å². The summed E-state index contributed by atoms with van der Waals surface area (Å²) in [6, 6.07) is 2.95. The lowest BCUT2D eigenvalue weighted by Crippen LogP contribution is -2.04. The number of fused-ring (bicyclic) bond motifs is 1. The average Bonchev–Trinajstić information content (AvgIpc) is 2.58. The molecular formula is C12H11ClO4. The van der Waals surface area contributed by atoms with Gasteiger partial charge < -0.3 is 14.3 Å². The lowest BCUT2D eigenvalue weighted by atomic mass is 10.1. The normalized spacial score (nSPS) is 10.8. The molecule has 0 aliphatic rings. The van der Waals surface area contributed by atoms with Crippen LogP contribution in [0.4, 0.5) is 0 Å². The molecule has 0 aliphatic carbocycles. The Balaban J connectivity index is 2.60. The summed E-state index contributed by atoms with van der Waals surface area (Å²) in [5, 5.41) is 10.3. The number of hydrogen-bond donors (Lipinski definition) is 1. The fraction of sp³-hybridized carbons (Fsp3) is 0.250. The van der Waals surface area contributed by atoms with Crippen molar-refractivity contribution in [3.63, 3.8) is 0 Å². The Morgan fingerprint density at radius 1 is 1.53 bits per heavy atom. The van der Waals surface area contributed by atoms with E-state index in [0.29, 0.717) is 16.5 Å². The van der Waals surface area contributed by atoms with Crippen LogP contribution >= 0.6 is 11.6 Å². The molecule has 0 amide bonds. The minimum atomic E-state index is -0.517. The highest BCUT2D eigenvalue weighted by atomic mass is 35.5. The fourth-order valence-corrected chi connectivity index (χ4v) is 1.77. The third-order valence-electron chi connectivity index (χ3n) is 2.47. The van der Waals surface area contributed by atoms with Crippen molar-refractivity contribution in [1.29, 1.82) is 0 Å². The molecule has 0 spiro atoms. The number of carbonyl (C=O) groups is 1. The van der Waals surface area contributed by atoms with E-state index in [2.05, 4.69) is 0 Å². The number of aromatic hydroxyl groups is 1. The third kappa shape index (κ3) is 1.96. The number of aryl methyl sites for hydroxylation is 1. The van der Waals surface area contributed by atoms with Crippen LogP contribution in [-0.4, -0.2) is 17.7 Å². The first-order chi connectivity index (χ1) is 8.04. The maximum atomic E-state index is 11.6. The number of halogens is 1. The number of carbonyl (C=O) groups excluding carboxylic acids is 1. The lowest BCUT2D eigenvalue weighted by molar-refractivity contribution is 0.0491. The first kappa shape index (κ1) is 11.8. The molecule has 0 atom stereocenters. The molecule has 2 aromatic rings. The van der Waals surface area contributed by atoms with Crippen LogP contribution in [0.1, 0.15) is 23.0 Å². The standard InChI is InChI=1S/C12H11ClO4/c1-3-16-12(15)11-6(2)7-4-9(14)8(13)5-10(7)17-11/h4-5,14H,3H2,1-2H3. The molecule has 0 radical (unpaired) electrons. The van der Waals surface area contributed by atoms with Gasteiger partial charge in [-0.3, -0.25) is 0 Å². The summed E-state index contributed by atoms with van der Waals surface area (Å²) in [5.41, 5.74) is 1.08. The molecule has 0 saturated heterocycles. The summed E-state index contributed by atoms with van der Waals surface area (Å²) >= 11 is 5.76. The number of hydrogen-bond acceptors (Lipinski definition) is 4. The van der Waals surface area contributed by atoms with E-state index in [1.165, 1.54) is 12.1 Å². The fourth-order valence-electron chi connectivity index (χ4n) is 1.62. The highest BCUT2D eigenvalue weighted by Crippen LogP contribution is 2.33. The molecule has 1 aromatic carbocycles. The van der Waals surface area contributed by atoms with Crippen molar-refractivity contribution in [2.75, 3.05) is 6.61 Å². The van der Waals surface area contributed by atoms with E-state index in [-0.39, 0.29) is 23.1 Å². The second-order valence-corrected chi connectivity index (χ2v) is 3.98. The Labute approximate surface area is 103 Å². The first-order valence-corrected chi connectivity index (χ1v) is 5.51. The Morgan fingerprint density at radius 3 is 2.88 bits per heavy atom. The number of phenols is 1. The molecule has 17 heavy (non-hydrogen) atoms. The molecule has 0 aliphatic heterocycles. The summed E-state index contributed by atoms with van der Waals surface area (Å²) < 4.78 is 10.2. The average molecular weight is 255 g/mol. The van der Waals surface area contributed by atoms with Crippen LogP contribution in [0.3, 0.4) is 0 Å². The Kier molecular flexibility index (Phi) is 2.98. The van der Waals surface area contributed by atoms with Crippen LogP contribution in [0.2, 0.25) is 5.02 Å². The summed E-state index contributed by atoms with van der Waals surface area (Å²) in [6.45, 7) is 3.73. The Hall–Kier alpha value is -1.68. The minimum absolute atomic E-state index is 0.0431. The molecule has 1 heterocycles. The van der Waals surface area contributed by atoms with Crippen molar-refractivity contribution in [3.8, 4) is 5.75 Å². The van der Waals surface area contributed by atoms with Crippen LogP contribution in [0, 0.1) is 6.92 Å². The summed E-state index contributed by atoms with van der Waals surface area (Å²) in [6.07, 6.45) is 0. The van der Waals surface area contributed by atoms with Crippen LogP contribution in [0.5, 0.6) is 5.75 Å². The van der Waals surface area contributed by atoms with Gasteiger partial charge in [0, 0.05) is 17.0 Å². The second kappa shape index (κ2) is 4.30. The minimum Gasteiger partial charge on any atom is -0.506 e. The van der Waals surface area contributed by atoms with E-state index in [4.69, 9.17) is 20.8 Å². The summed E-state index contributed by atoms with van der Waals surface area (Å²) in [5.74, 6) is -0.418. The second-order valence-electron chi connectivity index (χ2n) is 3.58. The first-order valence-electron chi connectivity index (χ1n) is 5.13. The predicted octanol–water partition coefficient (Wildman–Crippen LogP) is 3.28. The molecule has 5 heteroatoms. The zero-order valence-electron chi connectivity index (χ0n) is 9.41. The highest BCUT2D eigenvalue weighted by molar-refractivity contribution is 6.32. The SMILES string of the molecule is CCOC(=O)c1oc2cc(Cl)c(O)cc2c1C. The van der Waals surface area contributed by atoms with Gasteiger partial charge in [0.2, 0.25) is 5.76 Å². The number of rotatable bonds is 2. The maximum absolute atomic E-state index is 11.6. The van der Waals surface area contributed by atoms with E-state index in [1.807, 2.05) is 0 Å². The summed E-state index contributed by atoms with van der Waals surface area (Å²) in [7, 11) is 0. The van der Waals surface area contributed by atoms with E-state index in [1.54, 1.807) is 13.8 Å². The monoisotopic (exact) mass is 254 g/mol. The molecule has 90 valence electrons. The van der Waals surface area contributed by atoms with E-state index in [9.17, 15) is 9.90 Å². The number of ether oxygens (including phenoxy) is 1. The van der Waals surface area contributed by atoms with E-state index >= 15 is 0 Å². The summed E-state index contributed by atoms with van der Waals surface area (Å²) in [4.78, 5) is 11.6. The van der Waals surface area contributed by atoms with Gasteiger partial charge in [-0.15, -0.1) is 0 Å². The van der Waals surface area contributed by atoms with E-state index < -0.39 is 5.97 Å². The number of esters is 1. The number of benzene rings is 1. The largest absolute Gasteiger partial charge is 0.506 e.